The minimum absolute atomic E-state index is 0.245. The number of aromatic carboxylic acids is 1. The number of carboxylic acids is 1. The van der Waals surface area contributed by atoms with E-state index in [1.165, 1.54) is 0 Å². The van der Waals surface area contributed by atoms with Crippen molar-refractivity contribution in [2.75, 3.05) is 12.4 Å². The Labute approximate surface area is 114 Å². The van der Waals surface area contributed by atoms with Gasteiger partial charge in [0, 0.05) is 0 Å². The monoisotopic (exact) mass is 278 g/mol. The molecule has 100 valence electrons. The molecule has 0 aliphatic rings. The maximum Gasteiger partial charge on any atom is 0.347 e. The lowest BCUT2D eigenvalue weighted by Crippen LogP contribution is -1.94. The smallest absolute Gasteiger partial charge is 0.347 e. The molecule has 0 bridgehead atoms. The number of rotatable bonds is 4. The molecule has 2 rings (SSSR count). The van der Waals surface area contributed by atoms with Gasteiger partial charge >= 0.3 is 5.97 Å². The molecule has 0 aliphatic heterocycles. The summed E-state index contributed by atoms with van der Waals surface area (Å²) < 4.78 is 5.26. The molecule has 5 nitrogen and oxygen atoms in total. The number of methoxy groups -OCH3 is 1. The first-order chi connectivity index (χ1) is 9.01. The summed E-state index contributed by atoms with van der Waals surface area (Å²) in [6.45, 7) is 3.65. The van der Waals surface area contributed by atoms with Gasteiger partial charge in [0.2, 0.25) is 0 Å². The Balaban J connectivity index is 2.33. The Kier molecular flexibility index (Phi) is 3.71. The average molecular weight is 278 g/mol. The van der Waals surface area contributed by atoms with Crippen molar-refractivity contribution in [1.82, 2.24) is 4.98 Å². The summed E-state index contributed by atoms with van der Waals surface area (Å²) in [6.07, 6.45) is 0. The summed E-state index contributed by atoms with van der Waals surface area (Å²) in [5.41, 5.74) is 2.36. The third-order valence-electron chi connectivity index (χ3n) is 2.59. The first-order valence-corrected chi connectivity index (χ1v) is 6.45. The van der Waals surface area contributed by atoms with E-state index >= 15 is 0 Å². The molecule has 6 heteroatoms. The van der Waals surface area contributed by atoms with E-state index in [4.69, 9.17) is 9.84 Å². The van der Waals surface area contributed by atoms with E-state index < -0.39 is 5.97 Å². The van der Waals surface area contributed by atoms with Crippen LogP contribution in [-0.4, -0.2) is 23.2 Å². The number of hydrogen-bond acceptors (Lipinski definition) is 5. The lowest BCUT2D eigenvalue weighted by atomic mass is 10.2. The van der Waals surface area contributed by atoms with Crippen LogP contribution < -0.4 is 10.1 Å². The van der Waals surface area contributed by atoms with Crippen LogP contribution in [0.15, 0.2) is 18.2 Å². The second-order valence-electron chi connectivity index (χ2n) is 4.07. The van der Waals surface area contributed by atoms with Gasteiger partial charge in [-0.1, -0.05) is 17.4 Å². The molecular formula is C13H14N2O3S. The minimum Gasteiger partial charge on any atom is -0.495 e. The maximum atomic E-state index is 11.0. The highest BCUT2D eigenvalue weighted by molar-refractivity contribution is 7.17. The average Bonchev–Trinajstić information content (AvgIpc) is 2.71. The SMILES string of the molecule is COc1ccc(C)cc1Nc1nc(C)c(C(=O)O)s1. The van der Waals surface area contributed by atoms with Crippen LogP contribution >= 0.6 is 11.3 Å². The van der Waals surface area contributed by atoms with Crippen LogP contribution in [0.1, 0.15) is 20.9 Å². The molecule has 1 aromatic heterocycles. The number of nitrogens with zero attached hydrogens (tertiary/aromatic N) is 1. The second kappa shape index (κ2) is 5.27. The third kappa shape index (κ3) is 2.85. The number of nitrogens with one attached hydrogen (secondary N) is 1. The summed E-state index contributed by atoms with van der Waals surface area (Å²) in [6, 6.07) is 5.73. The lowest BCUT2D eigenvalue weighted by molar-refractivity contribution is 0.0701. The van der Waals surface area contributed by atoms with Gasteiger partial charge in [0.25, 0.3) is 0 Å². The van der Waals surface area contributed by atoms with Gasteiger partial charge in [-0.25, -0.2) is 9.78 Å². The van der Waals surface area contributed by atoms with Crippen molar-refractivity contribution in [3.63, 3.8) is 0 Å². The van der Waals surface area contributed by atoms with Crippen molar-refractivity contribution in [3.05, 3.63) is 34.3 Å². The Morgan fingerprint density at radius 3 is 2.74 bits per heavy atom. The van der Waals surface area contributed by atoms with Crippen LogP contribution in [0.25, 0.3) is 0 Å². The summed E-state index contributed by atoms with van der Waals surface area (Å²) in [7, 11) is 1.59. The summed E-state index contributed by atoms with van der Waals surface area (Å²) in [5, 5.41) is 12.6. The molecule has 0 unspecified atom stereocenters. The molecule has 2 N–H and O–H groups in total. The van der Waals surface area contributed by atoms with Crippen LogP contribution in [0.3, 0.4) is 0 Å². The van der Waals surface area contributed by atoms with Crippen molar-refractivity contribution in [3.8, 4) is 5.75 Å². The number of aryl methyl sites for hydroxylation is 2. The molecule has 19 heavy (non-hydrogen) atoms. The number of anilines is 2. The van der Waals surface area contributed by atoms with Crippen molar-refractivity contribution in [2.24, 2.45) is 0 Å². The zero-order valence-electron chi connectivity index (χ0n) is 10.9. The molecule has 0 saturated heterocycles. The molecule has 0 radical (unpaired) electrons. The predicted molar refractivity (Wildman–Crippen MR) is 74.8 cm³/mol. The van der Waals surface area contributed by atoms with Gasteiger partial charge in [-0.2, -0.15) is 0 Å². The van der Waals surface area contributed by atoms with E-state index in [0.717, 1.165) is 22.6 Å². The fraction of sp³-hybridized carbons (Fsp3) is 0.231. The van der Waals surface area contributed by atoms with E-state index in [1.54, 1.807) is 14.0 Å². The van der Waals surface area contributed by atoms with Crippen molar-refractivity contribution in [2.45, 2.75) is 13.8 Å². The number of benzene rings is 1. The van der Waals surface area contributed by atoms with E-state index in [-0.39, 0.29) is 4.88 Å². The van der Waals surface area contributed by atoms with Crippen LogP contribution in [0, 0.1) is 13.8 Å². The van der Waals surface area contributed by atoms with Crippen molar-refractivity contribution in [1.29, 1.82) is 0 Å². The Bertz CT molecular complexity index is 622. The highest BCUT2D eigenvalue weighted by atomic mass is 32.1. The van der Waals surface area contributed by atoms with E-state index in [2.05, 4.69) is 10.3 Å². The number of ether oxygens (including phenoxy) is 1. The Morgan fingerprint density at radius 2 is 2.16 bits per heavy atom. The van der Waals surface area contributed by atoms with Crippen LogP contribution in [0.5, 0.6) is 5.75 Å². The fourth-order valence-electron chi connectivity index (χ4n) is 1.68. The van der Waals surface area contributed by atoms with Crippen molar-refractivity contribution < 1.29 is 14.6 Å². The van der Waals surface area contributed by atoms with Crippen LogP contribution in [0.4, 0.5) is 10.8 Å². The molecular weight excluding hydrogens is 264 g/mol. The quantitative estimate of drug-likeness (QED) is 0.898. The minimum atomic E-state index is -0.959. The van der Waals surface area contributed by atoms with Gasteiger partial charge in [-0.3, -0.25) is 0 Å². The standard InChI is InChI=1S/C13H14N2O3S/c1-7-4-5-10(18-3)9(6-7)15-13-14-8(2)11(19-13)12(16)17/h4-6H,1-3H3,(H,14,15)(H,16,17). The number of hydrogen-bond donors (Lipinski definition) is 2. The molecule has 2 aromatic rings. The van der Waals surface area contributed by atoms with Crippen molar-refractivity contribution >= 4 is 28.1 Å². The second-order valence-corrected chi connectivity index (χ2v) is 5.07. The summed E-state index contributed by atoms with van der Waals surface area (Å²) >= 11 is 1.11. The number of thiazole rings is 1. The van der Waals surface area contributed by atoms with Gasteiger partial charge < -0.3 is 15.2 Å². The Morgan fingerprint density at radius 1 is 1.42 bits per heavy atom. The predicted octanol–water partition coefficient (Wildman–Crippen LogP) is 3.21. The Hall–Kier alpha value is -2.08. The molecule has 0 atom stereocenters. The molecule has 0 saturated carbocycles. The largest absolute Gasteiger partial charge is 0.495 e. The molecule has 0 fully saturated rings. The van der Waals surface area contributed by atoms with Gasteiger partial charge in [0.1, 0.15) is 10.6 Å². The normalized spacial score (nSPS) is 10.3. The van der Waals surface area contributed by atoms with Gasteiger partial charge in [0.15, 0.2) is 5.13 Å². The van der Waals surface area contributed by atoms with Gasteiger partial charge in [-0.05, 0) is 31.5 Å². The third-order valence-corrected chi connectivity index (χ3v) is 3.65. The first-order valence-electron chi connectivity index (χ1n) is 5.63. The zero-order chi connectivity index (χ0) is 14.0. The van der Waals surface area contributed by atoms with Gasteiger partial charge in [-0.15, -0.1) is 0 Å². The maximum absolute atomic E-state index is 11.0. The van der Waals surface area contributed by atoms with Crippen LogP contribution in [-0.2, 0) is 0 Å². The van der Waals surface area contributed by atoms with E-state index in [1.807, 2.05) is 25.1 Å². The highest BCUT2D eigenvalue weighted by Crippen LogP contribution is 2.31. The molecule has 0 aliphatic carbocycles. The molecule has 0 amide bonds. The first kappa shape index (κ1) is 13.4. The van der Waals surface area contributed by atoms with Crippen LogP contribution in [0.2, 0.25) is 0 Å². The summed E-state index contributed by atoms with van der Waals surface area (Å²) in [4.78, 5) is 15.4. The highest BCUT2D eigenvalue weighted by Gasteiger charge is 2.15. The van der Waals surface area contributed by atoms with E-state index in [9.17, 15) is 4.79 Å². The number of aromatic nitrogens is 1. The number of carbonyl (C=O) groups is 1. The molecule has 1 aromatic carbocycles. The molecule has 1 heterocycles. The zero-order valence-corrected chi connectivity index (χ0v) is 11.7. The summed E-state index contributed by atoms with van der Waals surface area (Å²) in [5.74, 6) is -0.269. The van der Waals surface area contributed by atoms with E-state index in [0.29, 0.717) is 16.6 Å². The lowest BCUT2D eigenvalue weighted by Gasteiger charge is -2.09. The molecule has 0 spiro atoms. The van der Waals surface area contributed by atoms with Gasteiger partial charge in [0.05, 0.1) is 18.5 Å². The number of carboxylic acid groups (broad SMARTS) is 1. The fourth-order valence-corrected chi connectivity index (χ4v) is 2.50. The topological polar surface area (TPSA) is 71.5 Å².